The summed E-state index contributed by atoms with van der Waals surface area (Å²) >= 11 is 12.7. The van der Waals surface area contributed by atoms with Crippen LogP contribution in [0.2, 0.25) is 10.0 Å². The minimum absolute atomic E-state index is 0.0422. The summed E-state index contributed by atoms with van der Waals surface area (Å²) in [6, 6.07) is 17.3. The van der Waals surface area contributed by atoms with E-state index in [0.717, 1.165) is 61.1 Å². The molecule has 58 heavy (non-hydrogen) atoms. The van der Waals surface area contributed by atoms with Gasteiger partial charge in [-0.1, -0.05) is 54.8 Å². The summed E-state index contributed by atoms with van der Waals surface area (Å²) in [5, 5.41) is 13.2. The van der Waals surface area contributed by atoms with Gasteiger partial charge in [-0.25, -0.2) is 18.1 Å². The fraction of sp³-hybridized carbons (Fsp3) is 0.333. The number of carbonyl (C=O) groups excluding carboxylic acids is 1. The molecule has 1 aliphatic heterocycles. The molecular formula is C42H44Cl2N6O7S. The Kier molecular flexibility index (Phi) is 11.7. The van der Waals surface area contributed by atoms with Crippen LogP contribution in [0.5, 0.6) is 17.2 Å². The second-order valence-corrected chi connectivity index (χ2v) is 17.8. The van der Waals surface area contributed by atoms with Crippen molar-refractivity contribution in [1.29, 1.82) is 0 Å². The van der Waals surface area contributed by atoms with E-state index in [-0.39, 0.29) is 44.8 Å². The van der Waals surface area contributed by atoms with Gasteiger partial charge in [-0.15, -0.1) is 0 Å². The number of aromatic nitrogens is 2. The summed E-state index contributed by atoms with van der Waals surface area (Å²) in [6.45, 7) is 11.7. The van der Waals surface area contributed by atoms with Crippen molar-refractivity contribution >= 4 is 67.1 Å². The highest BCUT2D eigenvalue weighted by atomic mass is 35.5. The molecule has 1 saturated heterocycles. The summed E-state index contributed by atoms with van der Waals surface area (Å²) in [6.07, 6.45) is 6.36. The van der Waals surface area contributed by atoms with E-state index in [0.29, 0.717) is 18.7 Å². The van der Waals surface area contributed by atoms with Gasteiger partial charge in [0.15, 0.2) is 0 Å². The van der Waals surface area contributed by atoms with Gasteiger partial charge in [0, 0.05) is 72.7 Å². The third-order valence-electron chi connectivity index (χ3n) is 10.7. The van der Waals surface area contributed by atoms with E-state index < -0.39 is 32.1 Å². The van der Waals surface area contributed by atoms with E-state index in [1.165, 1.54) is 35.9 Å². The van der Waals surface area contributed by atoms with Crippen molar-refractivity contribution < 1.29 is 27.6 Å². The van der Waals surface area contributed by atoms with Crippen molar-refractivity contribution in [3.63, 3.8) is 0 Å². The molecule has 1 fully saturated rings. The lowest BCUT2D eigenvalue weighted by Crippen LogP contribution is -2.47. The first kappa shape index (κ1) is 41.0. The lowest BCUT2D eigenvalue weighted by molar-refractivity contribution is -0.385. The molecule has 304 valence electrons. The van der Waals surface area contributed by atoms with Crippen molar-refractivity contribution in [2.24, 2.45) is 5.41 Å². The number of hydrogen-bond donors (Lipinski definition) is 2. The number of allylic oxidation sites excluding steroid dienone is 1. The molecule has 0 unspecified atom stereocenters. The van der Waals surface area contributed by atoms with Crippen LogP contribution in [-0.4, -0.2) is 73.4 Å². The molecule has 0 radical (unpaired) electrons. The van der Waals surface area contributed by atoms with Crippen LogP contribution in [0.15, 0.2) is 83.5 Å². The number of ether oxygens (including phenoxy) is 2. The molecule has 1 amide bonds. The number of hydrogen-bond acceptors (Lipinski definition) is 10. The van der Waals surface area contributed by atoms with Gasteiger partial charge in [0.25, 0.3) is 15.9 Å². The predicted molar refractivity (Wildman–Crippen MR) is 226 cm³/mol. The second-order valence-electron chi connectivity index (χ2n) is 15.3. The molecule has 3 heterocycles. The van der Waals surface area contributed by atoms with Crippen LogP contribution in [0.4, 0.5) is 11.4 Å². The average Bonchev–Trinajstić information content (AvgIpc) is 3.66. The van der Waals surface area contributed by atoms with Gasteiger partial charge in [0.05, 0.1) is 28.3 Å². The molecule has 1 aliphatic carbocycles. The SMILES string of the molecule is CCOc1c([N+](=O)[O-])cc(C(=O)NS(=O)(=O)c2ccc(N3CCN(CC4=C(c5ccc(Cl)cc5)CC(C)(C)CC4)CC3)cc2Oc2cnc3[nH]ccc3c2)c(Cl)c1C. The van der Waals surface area contributed by atoms with E-state index in [2.05, 4.69) is 45.7 Å². The Bertz CT molecular complexity index is 2530. The maximum atomic E-state index is 14.0. The zero-order valence-corrected chi connectivity index (χ0v) is 34.9. The Labute approximate surface area is 347 Å². The number of halogens is 2. The minimum atomic E-state index is -4.63. The van der Waals surface area contributed by atoms with Crippen LogP contribution in [0, 0.1) is 22.5 Å². The van der Waals surface area contributed by atoms with Crippen molar-refractivity contribution in [3.8, 4) is 17.2 Å². The normalized spacial score (nSPS) is 16.1. The maximum absolute atomic E-state index is 14.0. The van der Waals surface area contributed by atoms with Gasteiger partial charge >= 0.3 is 5.69 Å². The highest BCUT2D eigenvalue weighted by Crippen LogP contribution is 2.44. The van der Waals surface area contributed by atoms with Crippen molar-refractivity contribution in [2.45, 2.75) is 51.9 Å². The van der Waals surface area contributed by atoms with Gasteiger partial charge in [-0.2, -0.15) is 0 Å². The first-order valence-electron chi connectivity index (χ1n) is 19.0. The Balaban J connectivity index is 1.15. The number of benzene rings is 3. The topological polar surface area (TPSA) is 160 Å². The van der Waals surface area contributed by atoms with Crippen LogP contribution in [0.25, 0.3) is 16.6 Å². The molecule has 16 heteroatoms. The van der Waals surface area contributed by atoms with E-state index in [9.17, 15) is 23.3 Å². The number of nitrogens with one attached hydrogen (secondary N) is 2. The second kappa shape index (κ2) is 16.6. The molecule has 0 spiro atoms. The summed E-state index contributed by atoms with van der Waals surface area (Å²) in [5.41, 5.74) is 4.85. The molecule has 0 bridgehead atoms. The summed E-state index contributed by atoms with van der Waals surface area (Å²) in [4.78, 5) is 36.4. The number of H-pyrrole nitrogens is 1. The maximum Gasteiger partial charge on any atom is 0.312 e. The number of carbonyl (C=O) groups is 1. The fourth-order valence-electron chi connectivity index (χ4n) is 7.61. The zero-order chi connectivity index (χ0) is 41.4. The monoisotopic (exact) mass is 846 g/mol. The highest BCUT2D eigenvalue weighted by Gasteiger charge is 2.32. The van der Waals surface area contributed by atoms with Crippen LogP contribution in [0.3, 0.4) is 0 Å². The standard InChI is InChI=1S/C42H44Cl2N6O7S/c1-5-56-39-26(2)38(44)33(22-35(39)50(52)53)41(51)47-58(54,55)37-11-10-31(21-36(37)57-32-20-28-13-15-45-40(28)46-24-32)49-18-16-48(17-19-49)25-29-12-14-42(3,4)23-34(29)27-6-8-30(43)9-7-27/h6-11,13,15,20-22,24H,5,12,14,16-19,23,25H2,1-4H3,(H,45,46)(H,47,51). The Morgan fingerprint density at radius 2 is 1.79 bits per heavy atom. The summed E-state index contributed by atoms with van der Waals surface area (Å²) in [5.74, 6) is -1.02. The van der Waals surface area contributed by atoms with Crippen molar-refractivity contribution in [2.75, 3.05) is 44.2 Å². The van der Waals surface area contributed by atoms with Gasteiger partial charge in [0.2, 0.25) is 5.75 Å². The van der Waals surface area contributed by atoms with Crippen molar-refractivity contribution in [3.05, 3.63) is 115 Å². The minimum Gasteiger partial charge on any atom is -0.487 e. The third kappa shape index (κ3) is 8.80. The molecule has 2 aromatic heterocycles. The molecule has 3 aromatic carbocycles. The smallest absolute Gasteiger partial charge is 0.312 e. The lowest BCUT2D eigenvalue weighted by atomic mass is 9.72. The highest BCUT2D eigenvalue weighted by molar-refractivity contribution is 7.90. The molecule has 0 saturated carbocycles. The van der Waals surface area contributed by atoms with Crippen LogP contribution in [0.1, 0.15) is 61.5 Å². The number of piperazine rings is 1. The number of rotatable bonds is 12. The number of nitrogens with zero attached hydrogens (tertiary/aromatic N) is 4. The number of amides is 1. The van der Waals surface area contributed by atoms with E-state index >= 15 is 0 Å². The van der Waals surface area contributed by atoms with Crippen molar-refractivity contribution in [1.82, 2.24) is 19.6 Å². The van der Waals surface area contributed by atoms with Gasteiger partial charge in [-0.3, -0.25) is 19.8 Å². The van der Waals surface area contributed by atoms with E-state index in [1.54, 1.807) is 31.3 Å². The number of aromatic amines is 1. The molecular weight excluding hydrogens is 803 g/mol. The van der Waals surface area contributed by atoms with Gasteiger partial charge < -0.3 is 19.4 Å². The van der Waals surface area contributed by atoms with Crippen LogP contribution >= 0.6 is 23.2 Å². The van der Waals surface area contributed by atoms with Gasteiger partial charge in [0.1, 0.15) is 22.0 Å². The Hall–Kier alpha value is -5.15. The number of nitro benzene ring substituents is 1. The number of anilines is 1. The fourth-order valence-corrected chi connectivity index (χ4v) is 9.04. The van der Waals surface area contributed by atoms with E-state index in [1.807, 2.05) is 22.9 Å². The molecule has 13 nitrogen and oxygen atoms in total. The van der Waals surface area contributed by atoms with Crippen LogP contribution in [-0.2, 0) is 10.0 Å². The van der Waals surface area contributed by atoms with Crippen LogP contribution < -0.4 is 19.1 Å². The molecule has 0 atom stereocenters. The molecule has 2 aliphatic rings. The Morgan fingerprint density at radius 3 is 2.50 bits per heavy atom. The Morgan fingerprint density at radius 1 is 1.05 bits per heavy atom. The first-order valence-corrected chi connectivity index (χ1v) is 21.2. The molecule has 5 aromatic rings. The number of sulfonamides is 1. The summed E-state index contributed by atoms with van der Waals surface area (Å²) < 4.78 is 41.8. The number of fused-ring (bicyclic) bond motifs is 1. The molecule has 2 N–H and O–H groups in total. The molecule has 7 rings (SSSR count). The zero-order valence-electron chi connectivity index (χ0n) is 32.6. The number of nitro groups is 1. The quantitative estimate of drug-likeness (QED) is 0.0916. The predicted octanol–water partition coefficient (Wildman–Crippen LogP) is 9.18. The number of pyridine rings is 1. The average molecular weight is 848 g/mol. The largest absolute Gasteiger partial charge is 0.487 e. The van der Waals surface area contributed by atoms with E-state index in [4.69, 9.17) is 32.7 Å². The van der Waals surface area contributed by atoms with Gasteiger partial charge in [-0.05, 0) is 86.1 Å². The lowest BCUT2D eigenvalue weighted by Gasteiger charge is -2.39. The third-order valence-corrected chi connectivity index (χ3v) is 12.8. The first-order chi connectivity index (χ1) is 27.6. The summed E-state index contributed by atoms with van der Waals surface area (Å²) in [7, 11) is -4.63.